The molecule has 2 aromatic carbocycles. The minimum absolute atomic E-state index is 0.0870. The molecule has 0 bridgehead atoms. The lowest BCUT2D eigenvalue weighted by atomic mass is 10.0. The number of nitriles is 1. The summed E-state index contributed by atoms with van der Waals surface area (Å²) >= 11 is 0. The van der Waals surface area contributed by atoms with Crippen molar-refractivity contribution in [3.63, 3.8) is 0 Å². The van der Waals surface area contributed by atoms with Gasteiger partial charge in [-0.2, -0.15) is 5.26 Å². The van der Waals surface area contributed by atoms with Crippen LogP contribution in [0.15, 0.2) is 63.3 Å². The molecule has 7 heteroatoms. The van der Waals surface area contributed by atoms with Crippen LogP contribution in [0.25, 0.3) is 17.0 Å². The maximum Gasteiger partial charge on any atom is 0.336 e. The molecule has 0 aliphatic carbocycles. The van der Waals surface area contributed by atoms with Crippen molar-refractivity contribution in [2.75, 3.05) is 7.11 Å². The molecule has 0 spiro atoms. The topological polar surface area (TPSA) is 113 Å². The molecule has 3 aromatic rings. The Balaban J connectivity index is 1.92. The van der Waals surface area contributed by atoms with Gasteiger partial charge in [-0.15, -0.1) is 0 Å². The number of hydrogen-bond donors (Lipinski definition) is 2. The van der Waals surface area contributed by atoms with Crippen LogP contribution in [-0.4, -0.2) is 18.1 Å². The molecule has 0 radical (unpaired) electrons. The number of carbonyl (C=O) groups is 1. The smallest absolute Gasteiger partial charge is 0.336 e. The minimum Gasteiger partial charge on any atom is -0.507 e. The monoisotopic (exact) mass is 390 g/mol. The van der Waals surface area contributed by atoms with Gasteiger partial charge in [0, 0.05) is 11.5 Å². The number of nitrogens with one attached hydrogen (secondary N) is 1. The fourth-order valence-electron chi connectivity index (χ4n) is 2.83. The predicted octanol–water partition coefficient (Wildman–Crippen LogP) is 3.29. The molecule has 2 N–H and O–H groups in total. The van der Waals surface area contributed by atoms with E-state index in [1.54, 1.807) is 32.2 Å². The lowest BCUT2D eigenvalue weighted by Crippen LogP contribution is -2.27. The van der Waals surface area contributed by atoms with E-state index in [-0.39, 0.29) is 28.5 Å². The van der Waals surface area contributed by atoms with Gasteiger partial charge in [0.1, 0.15) is 28.7 Å². The Bertz CT molecular complexity index is 1190. The Kier molecular flexibility index (Phi) is 5.65. The van der Waals surface area contributed by atoms with Gasteiger partial charge in [-0.25, -0.2) is 4.79 Å². The quantitative estimate of drug-likeness (QED) is 0.393. The second-order valence-corrected chi connectivity index (χ2v) is 6.31. The molecule has 146 valence electrons. The molecule has 0 saturated heterocycles. The van der Waals surface area contributed by atoms with E-state index in [1.165, 1.54) is 24.3 Å². The standard InChI is InChI=1S/C22H18N2O5/c1-13(14-3-7-17(28-2)8-4-14)24-22(27)16(12-23)11-18-19(25)9-5-15-6-10-20(26)29-21(15)18/h3-11,13,25H,1-2H3,(H,24,27)/b16-11+. The number of nitrogens with zero attached hydrogens (tertiary/aromatic N) is 1. The Morgan fingerprint density at radius 3 is 2.55 bits per heavy atom. The Morgan fingerprint density at radius 1 is 1.21 bits per heavy atom. The summed E-state index contributed by atoms with van der Waals surface area (Å²) in [6, 6.07) is 14.4. The first-order valence-corrected chi connectivity index (χ1v) is 8.75. The predicted molar refractivity (Wildman–Crippen MR) is 107 cm³/mol. The zero-order valence-corrected chi connectivity index (χ0v) is 15.8. The third kappa shape index (κ3) is 4.28. The van der Waals surface area contributed by atoms with Gasteiger partial charge in [0.15, 0.2) is 0 Å². The molecule has 0 aliphatic rings. The normalized spacial score (nSPS) is 12.2. The maximum atomic E-state index is 12.6. The van der Waals surface area contributed by atoms with Gasteiger partial charge < -0.3 is 19.6 Å². The van der Waals surface area contributed by atoms with Crippen LogP contribution in [-0.2, 0) is 4.79 Å². The molecule has 7 nitrogen and oxygen atoms in total. The number of carbonyl (C=O) groups excluding carboxylic acids is 1. The summed E-state index contributed by atoms with van der Waals surface area (Å²) in [5.74, 6) is -0.140. The van der Waals surface area contributed by atoms with Crippen molar-refractivity contribution < 1.29 is 19.1 Å². The number of phenols is 1. The molecule has 1 atom stereocenters. The molecule has 1 amide bonds. The second kappa shape index (κ2) is 8.31. The molecule has 0 fully saturated rings. The average molecular weight is 390 g/mol. The molecule has 0 aliphatic heterocycles. The fraction of sp³-hybridized carbons (Fsp3) is 0.136. The number of amides is 1. The molecule has 1 heterocycles. The summed E-state index contributed by atoms with van der Waals surface area (Å²) in [7, 11) is 1.56. The van der Waals surface area contributed by atoms with Crippen molar-refractivity contribution in [3.05, 3.63) is 75.7 Å². The summed E-state index contributed by atoms with van der Waals surface area (Å²) in [4.78, 5) is 24.2. The Morgan fingerprint density at radius 2 is 1.90 bits per heavy atom. The lowest BCUT2D eigenvalue weighted by Gasteiger charge is -2.14. The lowest BCUT2D eigenvalue weighted by molar-refractivity contribution is -0.117. The minimum atomic E-state index is -0.620. The largest absolute Gasteiger partial charge is 0.507 e. The zero-order chi connectivity index (χ0) is 21.0. The molecule has 3 rings (SSSR count). The highest BCUT2D eigenvalue weighted by Gasteiger charge is 2.16. The third-order valence-corrected chi connectivity index (χ3v) is 4.42. The summed E-state index contributed by atoms with van der Waals surface area (Å²) in [6.07, 6.45) is 1.21. The summed E-state index contributed by atoms with van der Waals surface area (Å²) in [5, 5.41) is 22.9. The van der Waals surface area contributed by atoms with Gasteiger partial charge in [0.2, 0.25) is 0 Å². The van der Waals surface area contributed by atoms with Crippen LogP contribution in [0.3, 0.4) is 0 Å². The van der Waals surface area contributed by atoms with Gasteiger partial charge in [0.05, 0.1) is 18.7 Å². The SMILES string of the molecule is COc1ccc(C(C)NC(=O)/C(C#N)=C/c2c(O)ccc3ccc(=O)oc23)cc1. The van der Waals surface area contributed by atoms with Crippen LogP contribution in [0, 0.1) is 11.3 Å². The van der Waals surface area contributed by atoms with E-state index in [0.29, 0.717) is 11.1 Å². The highest BCUT2D eigenvalue weighted by atomic mass is 16.5. The molecule has 1 unspecified atom stereocenters. The number of benzene rings is 2. The Labute approximate surface area is 166 Å². The summed E-state index contributed by atoms with van der Waals surface area (Å²) in [6.45, 7) is 1.78. The first-order chi connectivity index (χ1) is 13.9. The van der Waals surface area contributed by atoms with Crippen LogP contribution in [0.4, 0.5) is 0 Å². The second-order valence-electron chi connectivity index (χ2n) is 6.31. The van der Waals surface area contributed by atoms with Gasteiger partial charge in [-0.3, -0.25) is 4.79 Å². The van der Waals surface area contributed by atoms with Crippen molar-refractivity contribution >= 4 is 23.0 Å². The molecular formula is C22H18N2O5. The number of fused-ring (bicyclic) bond motifs is 1. The first kappa shape index (κ1) is 19.7. The van der Waals surface area contributed by atoms with Crippen molar-refractivity contribution in [1.82, 2.24) is 5.32 Å². The van der Waals surface area contributed by atoms with E-state index in [0.717, 1.165) is 5.56 Å². The van der Waals surface area contributed by atoms with Gasteiger partial charge in [-0.1, -0.05) is 12.1 Å². The van der Waals surface area contributed by atoms with E-state index < -0.39 is 11.5 Å². The number of rotatable bonds is 5. The Hall–Kier alpha value is -4.05. The first-order valence-electron chi connectivity index (χ1n) is 8.75. The highest BCUT2D eigenvalue weighted by Crippen LogP contribution is 2.28. The maximum absolute atomic E-state index is 12.6. The van der Waals surface area contributed by atoms with Gasteiger partial charge in [0.25, 0.3) is 5.91 Å². The number of aromatic hydroxyl groups is 1. The third-order valence-electron chi connectivity index (χ3n) is 4.42. The van der Waals surface area contributed by atoms with Crippen LogP contribution in [0.5, 0.6) is 11.5 Å². The number of hydrogen-bond acceptors (Lipinski definition) is 6. The van der Waals surface area contributed by atoms with Crippen molar-refractivity contribution in [2.24, 2.45) is 0 Å². The molecular weight excluding hydrogens is 372 g/mol. The number of phenolic OH excluding ortho intramolecular Hbond substituents is 1. The number of methoxy groups -OCH3 is 1. The van der Waals surface area contributed by atoms with E-state index in [9.17, 15) is 20.0 Å². The molecule has 29 heavy (non-hydrogen) atoms. The van der Waals surface area contributed by atoms with Gasteiger partial charge in [-0.05, 0) is 48.9 Å². The highest BCUT2D eigenvalue weighted by molar-refractivity contribution is 6.04. The van der Waals surface area contributed by atoms with Crippen LogP contribution in [0.2, 0.25) is 0 Å². The van der Waals surface area contributed by atoms with E-state index in [2.05, 4.69) is 5.32 Å². The van der Waals surface area contributed by atoms with Crippen LogP contribution >= 0.6 is 0 Å². The number of ether oxygens (including phenoxy) is 1. The van der Waals surface area contributed by atoms with E-state index in [1.807, 2.05) is 18.2 Å². The fourth-order valence-corrected chi connectivity index (χ4v) is 2.83. The summed E-state index contributed by atoms with van der Waals surface area (Å²) in [5.41, 5.74) is 0.175. The van der Waals surface area contributed by atoms with Crippen molar-refractivity contribution in [3.8, 4) is 17.6 Å². The van der Waals surface area contributed by atoms with Crippen molar-refractivity contribution in [2.45, 2.75) is 13.0 Å². The van der Waals surface area contributed by atoms with Crippen LogP contribution in [0.1, 0.15) is 24.1 Å². The molecule has 1 aromatic heterocycles. The van der Waals surface area contributed by atoms with Crippen LogP contribution < -0.4 is 15.7 Å². The van der Waals surface area contributed by atoms with Gasteiger partial charge >= 0.3 is 5.63 Å². The van der Waals surface area contributed by atoms with E-state index in [4.69, 9.17) is 9.15 Å². The molecule has 0 saturated carbocycles. The van der Waals surface area contributed by atoms with Crippen molar-refractivity contribution in [1.29, 1.82) is 5.26 Å². The summed E-state index contributed by atoms with van der Waals surface area (Å²) < 4.78 is 10.3. The zero-order valence-electron chi connectivity index (χ0n) is 15.8. The van der Waals surface area contributed by atoms with E-state index >= 15 is 0 Å². The average Bonchev–Trinajstić information content (AvgIpc) is 2.73.